The zero-order valence-electron chi connectivity index (χ0n) is 16.8. The number of hydrogen-bond donors (Lipinski definition) is 1. The van der Waals surface area contributed by atoms with E-state index in [9.17, 15) is 13.6 Å². The van der Waals surface area contributed by atoms with Gasteiger partial charge in [-0.25, -0.2) is 0 Å². The highest BCUT2D eigenvalue weighted by molar-refractivity contribution is 6.32. The average Bonchev–Trinajstić information content (AvgIpc) is 3.05. The van der Waals surface area contributed by atoms with Crippen molar-refractivity contribution in [2.45, 2.75) is 31.9 Å². The number of hydrogen-bond acceptors (Lipinski definition) is 5. The predicted octanol–water partition coefficient (Wildman–Crippen LogP) is 4.88. The summed E-state index contributed by atoms with van der Waals surface area (Å²) in [5.41, 5.74) is 1.51. The van der Waals surface area contributed by atoms with Crippen LogP contribution >= 0.6 is 11.6 Å². The second-order valence-electron chi connectivity index (χ2n) is 7.46. The lowest BCUT2D eigenvalue weighted by molar-refractivity contribution is -0.117. The van der Waals surface area contributed by atoms with Crippen LogP contribution in [0.5, 0.6) is 17.2 Å². The molecule has 2 heterocycles. The smallest absolute Gasteiger partial charge is 0.387 e. The summed E-state index contributed by atoms with van der Waals surface area (Å²) >= 11 is 5.96. The van der Waals surface area contributed by atoms with Gasteiger partial charge in [0, 0.05) is 18.2 Å². The van der Waals surface area contributed by atoms with Crippen LogP contribution < -0.4 is 19.5 Å². The Morgan fingerprint density at radius 2 is 1.97 bits per heavy atom. The molecule has 31 heavy (non-hydrogen) atoms. The predicted molar refractivity (Wildman–Crippen MR) is 112 cm³/mol. The summed E-state index contributed by atoms with van der Waals surface area (Å²) in [6, 6.07) is 10.2. The number of anilines is 1. The summed E-state index contributed by atoms with van der Waals surface area (Å²) in [5, 5.41) is 2.77. The Hall–Kier alpha value is -2.58. The van der Waals surface area contributed by atoms with Crippen LogP contribution in [0.1, 0.15) is 30.9 Å². The van der Waals surface area contributed by atoms with Crippen molar-refractivity contribution < 1.29 is 27.8 Å². The number of halogens is 3. The standard InChI is InChI=1S/C22H23ClF2N2O4/c23-16-12-15(5-7-18(16)31-22(24)25)26-21(28)13-27-8-1-3-17(27)14-4-6-19-20(11-14)30-10-2-9-29-19/h4-7,11-12,17,22H,1-3,8-10,13H2,(H,26,28)/t17-/m1/s1. The molecule has 0 saturated carbocycles. The molecule has 1 N–H and O–H groups in total. The van der Waals surface area contributed by atoms with Crippen LogP contribution in [0.3, 0.4) is 0 Å². The van der Waals surface area contributed by atoms with Crippen LogP contribution in [0, 0.1) is 0 Å². The number of nitrogens with zero attached hydrogens (tertiary/aromatic N) is 1. The largest absolute Gasteiger partial charge is 0.490 e. The minimum absolute atomic E-state index is 0.00402. The summed E-state index contributed by atoms with van der Waals surface area (Å²) in [4.78, 5) is 14.7. The van der Waals surface area contributed by atoms with Crippen LogP contribution in [0.25, 0.3) is 0 Å². The van der Waals surface area contributed by atoms with Crippen LogP contribution in [0.4, 0.5) is 14.5 Å². The van der Waals surface area contributed by atoms with Gasteiger partial charge in [-0.15, -0.1) is 0 Å². The maximum Gasteiger partial charge on any atom is 0.387 e. The van der Waals surface area contributed by atoms with Gasteiger partial charge in [0.05, 0.1) is 24.8 Å². The summed E-state index contributed by atoms with van der Waals surface area (Å²) in [6.07, 6.45) is 2.77. The van der Waals surface area contributed by atoms with Gasteiger partial charge in [-0.3, -0.25) is 9.69 Å². The van der Waals surface area contributed by atoms with Gasteiger partial charge in [0.25, 0.3) is 0 Å². The highest BCUT2D eigenvalue weighted by Gasteiger charge is 2.28. The van der Waals surface area contributed by atoms with Gasteiger partial charge < -0.3 is 19.5 Å². The molecule has 2 aromatic carbocycles. The molecular formula is C22H23ClF2N2O4. The van der Waals surface area contributed by atoms with Crippen molar-refractivity contribution in [2.24, 2.45) is 0 Å². The van der Waals surface area contributed by atoms with Crippen molar-refractivity contribution in [2.75, 3.05) is 31.6 Å². The van der Waals surface area contributed by atoms with Crippen molar-refractivity contribution in [1.82, 2.24) is 4.90 Å². The molecule has 1 saturated heterocycles. The summed E-state index contributed by atoms with van der Waals surface area (Å²) < 4.78 is 40.5. The number of rotatable bonds is 6. The summed E-state index contributed by atoms with van der Waals surface area (Å²) in [5.74, 6) is 1.15. The van der Waals surface area contributed by atoms with Gasteiger partial charge in [-0.05, 0) is 55.3 Å². The first kappa shape index (κ1) is 21.6. The normalized spacial score (nSPS) is 18.6. The molecular weight excluding hydrogens is 430 g/mol. The molecule has 6 nitrogen and oxygen atoms in total. The van der Waals surface area contributed by atoms with Gasteiger partial charge in [-0.1, -0.05) is 17.7 Å². The van der Waals surface area contributed by atoms with E-state index in [2.05, 4.69) is 15.0 Å². The lowest BCUT2D eigenvalue weighted by Crippen LogP contribution is -2.33. The molecule has 0 spiro atoms. The van der Waals surface area contributed by atoms with Crippen LogP contribution in [-0.4, -0.2) is 43.7 Å². The Bertz CT molecular complexity index is 944. The van der Waals surface area contributed by atoms with E-state index in [0.29, 0.717) is 18.9 Å². The Kier molecular flexibility index (Phi) is 6.77. The first-order valence-electron chi connectivity index (χ1n) is 10.2. The second-order valence-corrected chi connectivity index (χ2v) is 7.86. The molecule has 4 rings (SSSR count). The fraction of sp³-hybridized carbons (Fsp3) is 0.409. The van der Waals surface area contributed by atoms with E-state index in [-0.39, 0.29) is 29.3 Å². The third kappa shape index (κ3) is 5.37. The van der Waals surface area contributed by atoms with Crippen molar-refractivity contribution in [3.05, 3.63) is 47.0 Å². The number of ether oxygens (including phenoxy) is 3. The topological polar surface area (TPSA) is 60.0 Å². The number of likely N-dealkylation sites (tertiary alicyclic amines) is 1. The van der Waals surface area contributed by atoms with E-state index in [1.165, 1.54) is 18.2 Å². The van der Waals surface area contributed by atoms with E-state index in [4.69, 9.17) is 21.1 Å². The molecule has 1 amide bonds. The Labute approximate surface area is 184 Å². The Balaban J connectivity index is 1.40. The molecule has 1 fully saturated rings. The maximum absolute atomic E-state index is 12.6. The number of benzene rings is 2. The molecule has 0 unspecified atom stereocenters. The number of amides is 1. The second kappa shape index (κ2) is 9.70. The Morgan fingerprint density at radius 3 is 2.74 bits per heavy atom. The number of fused-ring (bicyclic) bond motifs is 1. The fourth-order valence-corrected chi connectivity index (χ4v) is 4.16. The number of alkyl halides is 2. The van der Waals surface area contributed by atoms with E-state index in [0.717, 1.165) is 42.9 Å². The maximum atomic E-state index is 12.6. The van der Waals surface area contributed by atoms with E-state index in [1.807, 2.05) is 18.2 Å². The Morgan fingerprint density at radius 1 is 1.16 bits per heavy atom. The third-order valence-electron chi connectivity index (χ3n) is 5.30. The van der Waals surface area contributed by atoms with Gasteiger partial charge >= 0.3 is 6.61 Å². The van der Waals surface area contributed by atoms with Gasteiger partial charge in [0.1, 0.15) is 5.75 Å². The van der Waals surface area contributed by atoms with Crippen molar-refractivity contribution in [3.8, 4) is 17.2 Å². The summed E-state index contributed by atoms with van der Waals surface area (Å²) in [7, 11) is 0. The van der Waals surface area contributed by atoms with Gasteiger partial charge in [0.2, 0.25) is 5.91 Å². The number of carbonyl (C=O) groups is 1. The fourth-order valence-electron chi connectivity index (χ4n) is 3.94. The highest BCUT2D eigenvalue weighted by Crippen LogP contribution is 2.38. The first-order chi connectivity index (χ1) is 15.0. The molecule has 2 aliphatic heterocycles. The number of nitrogens with one attached hydrogen (secondary N) is 1. The summed E-state index contributed by atoms with van der Waals surface area (Å²) in [6.45, 7) is -0.700. The molecule has 0 bridgehead atoms. The van der Waals surface area contributed by atoms with Crippen LogP contribution in [0.2, 0.25) is 5.02 Å². The molecule has 2 aliphatic rings. The lowest BCUT2D eigenvalue weighted by Gasteiger charge is -2.25. The third-order valence-corrected chi connectivity index (χ3v) is 5.59. The first-order valence-corrected chi connectivity index (χ1v) is 10.6. The monoisotopic (exact) mass is 452 g/mol. The molecule has 0 aromatic heterocycles. The molecule has 2 aromatic rings. The molecule has 0 radical (unpaired) electrons. The molecule has 9 heteroatoms. The molecule has 166 valence electrons. The zero-order chi connectivity index (χ0) is 21.8. The van der Waals surface area contributed by atoms with E-state index < -0.39 is 6.61 Å². The SMILES string of the molecule is O=C(CN1CCC[C@@H]1c1ccc2c(c1)OCCCO2)Nc1ccc(OC(F)F)c(Cl)c1. The van der Waals surface area contributed by atoms with Crippen LogP contribution in [0.15, 0.2) is 36.4 Å². The average molecular weight is 453 g/mol. The van der Waals surface area contributed by atoms with E-state index >= 15 is 0 Å². The van der Waals surface area contributed by atoms with Crippen molar-refractivity contribution >= 4 is 23.2 Å². The van der Waals surface area contributed by atoms with E-state index in [1.54, 1.807) is 0 Å². The lowest BCUT2D eigenvalue weighted by atomic mass is 10.0. The minimum Gasteiger partial charge on any atom is -0.490 e. The van der Waals surface area contributed by atoms with Crippen LogP contribution in [-0.2, 0) is 4.79 Å². The highest BCUT2D eigenvalue weighted by atomic mass is 35.5. The molecule has 0 aliphatic carbocycles. The number of carbonyl (C=O) groups excluding carboxylic acids is 1. The van der Waals surface area contributed by atoms with Crippen molar-refractivity contribution in [3.63, 3.8) is 0 Å². The van der Waals surface area contributed by atoms with Gasteiger partial charge in [0.15, 0.2) is 11.5 Å². The quantitative estimate of drug-likeness (QED) is 0.677. The zero-order valence-corrected chi connectivity index (χ0v) is 17.5. The molecule has 1 atom stereocenters. The minimum atomic E-state index is -2.96. The van der Waals surface area contributed by atoms with Crippen molar-refractivity contribution in [1.29, 1.82) is 0 Å². The van der Waals surface area contributed by atoms with Gasteiger partial charge in [-0.2, -0.15) is 8.78 Å².